The fourth-order valence-electron chi connectivity index (χ4n) is 0.736. The van der Waals surface area contributed by atoms with Gasteiger partial charge in [0.15, 0.2) is 0 Å². The van der Waals surface area contributed by atoms with Crippen LogP contribution in [0.25, 0.3) is 0 Å². The van der Waals surface area contributed by atoms with Crippen molar-refractivity contribution in [2.24, 2.45) is 0 Å². The predicted octanol–water partition coefficient (Wildman–Crippen LogP) is 1.78. The van der Waals surface area contributed by atoms with E-state index in [1.807, 2.05) is 0 Å². The maximum atomic E-state index is 11.0. The van der Waals surface area contributed by atoms with Crippen molar-refractivity contribution in [1.29, 1.82) is 0 Å². The van der Waals surface area contributed by atoms with Gasteiger partial charge in [-0.15, -0.1) is 0 Å². The number of ether oxygens (including phenoxy) is 1. The first-order valence-corrected chi connectivity index (χ1v) is 6.19. The Morgan fingerprint density at radius 2 is 2.23 bits per heavy atom. The average Bonchev–Trinajstić information content (AvgIpc) is 2.03. The molecular weight excluding hydrogens is 281 g/mol. The van der Waals surface area contributed by atoms with Gasteiger partial charge in [0.1, 0.15) is 4.90 Å². The summed E-state index contributed by atoms with van der Waals surface area (Å²) < 4.78 is 27.2. The molecule has 0 unspecified atom stereocenters. The SMILES string of the molecule is COc1ncc(Br)cc1S(=O)(=O)Cl. The molecule has 1 heterocycles. The van der Waals surface area contributed by atoms with Crippen molar-refractivity contribution in [2.75, 3.05) is 7.11 Å². The Labute approximate surface area is 88.4 Å². The smallest absolute Gasteiger partial charge is 0.266 e. The predicted molar refractivity (Wildman–Crippen MR) is 51.5 cm³/mol. The van der Waals surface area contributed by atoms with Crippen molar-refractivity contribution < 1.29 is 13.2 Å². The molecule has 1 aromatic heterocycles. The van der Waals surface area contributed by atoms with Crippen LogP contribution < -0.4 is 4.74 Å². The minimum Gasteiger partial charge on any atom is -0.480 e. The fraction of sp³-hybridized carbons (Fsp3) is 0.167. The van der Waals surface area contributed by atoms with Crippen molar-refractivity contribution in [3.63, 3.8) is 0 Å². The zero-order valence-electron chi connectivity index (χ0n) is 6.49. The van der Waals surface area contributed by atoms with E-state index in [2.05, 4.69) is 20.9 Å². The number of methoxy groups -OCH3 is 1. The third-order valence-electron chi connectivity index (χ3n) is 1.24. The van der Waals surface area contributed by atoms with Gasteiger partial charge in [-0.25, -0.2) is 13.4 Å². The summed E-state index contributed by atoms with van der Waals surface area (Å²) in [4.78, 5) is 3.58. The van der Waals surface area contributed by atoms with Gasteiger partial charge < -0.3 is 4.74 Å². The largest absolute Gasteiger partial charge is 0.480 e. The molecule has 0 spiro atoms. The molecule has 0 aliphatic rings. The molecule has 0 N–H and O–H groups in total. The topological polar surface area (TPSA) is 56.3 Å². The van der Waals surface area contributed by atoms with Crippen LogP contribution in [0.2, 0.25) is 0 Å². The normalized spacial score (nSPS) is 11.3. The number of hydrogen-bond donors (Lipinski definition) is 0. The summed E-state index contributed by atoms with van der Waals surface area (Å²) in [6.07, 6.45) is 1.42. The molecule has 0 fully saturated rings. The third kappa shape index (κ3) is 2.55. The molecule has 13 heavy (non-hydrogen) atoms. The lowest BCUT2D eigenvalue weighted by Crippen LogP contribution is -1.98. The zero-order valence-corrected chi connectivity index (χ0v) is 9.65. The Morgan fingerprint density at radius 3 is 2.69 bits per heavy atom. The summed E-state index contributed by atoms with van der Waals surface area (Å²) in [5, 5.41) is 0. The van der Waals surface area contributed by atoms with Crippen LogP contribution in [-0.4, -0.2) is 20.5 Å². The van der Waals surface area contributed by atoms with E-state index >= 15 is 0 Å². The van der Waals surface area contributed by atoms with Gasteiger partial charge in [-0.2, -0.15) is 0 Å². The quantitative estimate of drug-likeness (QED) is 0.778. The molecule has 7 heteroatoms. The number of hydrogen-bond acceptors (Lipinski definition) is 4. The number of halogens is 2. The Morgan fingerprint density at radius 1 is 1.62 bits per heavy atom. The van der Waals surface area contributed by atoms with Crippen LogP contribution in [0.1, 0.15) is 0 Å². The van der Waals surface area contributed by atoms with Crippen molar-refractivity contribution >= 4 is 35.7 Å². The summed E-state index contributed by atoms with van der Waals surface area (Å²) in [5.74, 6) is -0.0156. The number of aromatic nitrogens is 1. The van der Waals surface area contributed by atoms with E-state index < -0.39 is 9.05 Å². The van der Waals surface area contributed by atoms with Crippen molar-refractivity contribution in [3.05, 3.63) is 16.7 Å². The maximum absolute atomic E-state index is 11.0. The van der Waals surface area contributed by atoms with E-state index in [1.165, 1.54) is 19.4 Å². The van der Waals surface area contributed by atoms with Crippen LogP contribution in [0.15, 0.2) is 21.6 Å². The molecule has 0 atom stereocenters. The van der Waals surface area contributed by atoms with Crippen LogP contribution in [0.3, 0.4) is 0 Å². The number of rotatable bonds is 2. The molecule has 4 nitrogen and oxygen atoms in total. The average molecular weight is 287 g/mol. The van der Waals surface area contributed by atoms with Gasteiger partial charge in [0.2, 0.25) is 5.88 Å². The molecule has 0 aliphatic carbocycles. The van der Waals surface area contributed by atoms with Crippen LogP contribution >= 0.6 is 26.6 Å². The first-order valence-electron chi connectivity index (χ1n) is 3.09. The lowest BCUT2D eigenvalue weighted by Gasteiger charge is -2.03. The Kier molecular flexibility index (Phi) is 3.15. The van der Waals surface area contributed by atoms with Gasteiger partial charge >= 0.3 is 0 Å². The van der Waals surface area contributed by atoms with Gasteiger partial charge in [-0.05, 0) is 22.0 Å². The van der Waals surface area contributed by atoms with Crippen LogP contribution in [-0.2, 0) is 9.05 Å². The van der Waals surface area contributed by atoms with Crippen molar-refractivity contribution in [2.45, 2.75) is 4.90 Å². The highest BCUT2D eigenvalue weighted by Crippen LogP contribution is 2.26. The third-order valence-corrected chi connectivity index (χ3v) is 2.99. The summed E-state index contributed by atoms with van der Waals surface area (Å²) in [7, 11) is 2.65. The highest BCUT2D eigenvalue weighted by Gasteiger charge is 2.17. The molecular formula is C6H5BrClNO3S. The molecule has 0 aromatic carbocycles. The summed E-state index contributed by atoms with van der Waals surface area (Å²) >= 11 is 3.08. The lowest BCUT2D eigenvalue weighted by atomic mass is 10.5. The molecule has 0 aliphatic heterocycles. The van der Waals surface area contributed by atoms with E-state index in [-0.39, 0.29) is 10.8 Å². The first-order chi connectivity index (χ1) is 5.95. The highest BCUT2D eigenvalue weighted by molar-refractivity contribution is 9.10. The Bertz CT molecular complexity index is 420. The molecule has 1 aromatic rings. The molecule has 0 amide bonds. The fourth-order valence-corrected chi connectivity index (χ4v) is 2.16. The number of pyridine rings is 1. The second kappa shape index (κ2) is 3.81. The van der Waals surface area contributed by atoms with Gasteiger partial charge in [-0.3, -0.25) is 0 Å². The molecule has 0 saturated carbocycles. The lowest BCUT2D eigenvalue weighted by molar-refractivity contribution is 0.385. The second-order valence-corrected chi connectivity index (χ2v) is 5.55. The summed E-state index contributed by atoms with van der Waals surface area (Å²) in [6, 6.07) is 1.33. The highest BCUT2D eigenvalue weighted by atomic mass is 79.9. The first kappa shape index (κ1) is 10.7. The molecule has 1 rings (SSSR count). The van der Waals surface area contributed by atoms with Gasteiger partial charge in [0.05, 0.1) is 7.11 Å². The van der Waals surface area contributed by atoms with E-state index in [0.29, 0.717) is 4.47 Å². The van der Waals surface area contributed by atoms with Gasteiger partial charge in [-0.1, -0.05) is 0 Å². The van der Waals surface area contributed by atoms with E-state index in [9.17, 15) is 8.42 Å². The molecule has 0 radical (unpaired) electrons. The summed E-state index contributed by atoms with van der Waals surface area (Å²) in [6.45, 7) is 0. The van der Waals surface area contributed by atoms with Crippen molar-refractivity contribution in [1.82, 2.24) is 4.98 Å². The van der Waals surface area contributed by atoms with E-state index in [1.54, 1.807) is 0 Å². The monoisotopic (exact) mass is 285 g/mol. The second-order valence-electron chi connectivity index (χ2n) is 2.10. The Hall–Kier alpha value is -0.330. The summed E-state index contributed by atoms with van der Waals surface area (Å²) in [5.41, 5.74) is 0. The zero-order chi connectivity index (χ0) is 10.1. The number of nitrogens with zero attached hydrogens (tertiary/aromatic N) is 1. The van der Waals surface area contributed by atoms with Crippen molar-refractivity contribution in [3.8, 4) is 5.88 Å². The molecule has 0 saturated heterocycles. The van der Waals surface area contributed by atoms with E-state index in [0.717, 1.165) is 0 Å². The minimum absolute atomic E-state index is 0.0156. The van der Waals surface area contributed by atoms with Gasteiger partial charge in [0, 0.05) is 21.4 Å². The standard InChI is InChI=1S/C6H5BrClNO3S/c1-12-6-5(13(8,10)11)2-4(7)3-9-6/h2-3H,1H3. The molecule has 72 valence electrons. The van der Waals surface area contributed by atoms with Crippen LogP contribution in [0.4, 0.5) is 0 Å². The van der Waals surface area contributed by atoms with Crippen LogP contribution in [0, 0.1) is 0 Å². The maximum Gasteiger partial charge on any atom is 0.266 e. The van der Waals surface area contributed by atoms with Crippen LogP contribution in [0.5, 0.6) is 5.88 Å². The minimum atomic E-state index is -3.81. The van der Waals surface area contributed by atoms with Gasteiger partial charge in [0.25, 0.3) is 9.05 Å². The molecule has 0 bridgehead atoms. The Balaban J connectivity index is 3.41. The van der Waals surface area contributed by atoms with E-state index in [4.69, 9.17) is 15.4 Å².